The van der Waals surface area contributed by atoms with Crippen molar-refractivity contribution in [1.82, 2.24) is 55.6 Å². The van der Waals surface area contributed by atoms with Crippen molar-refractivity contribution in [2.75, 3.05) is 62.4 Å². The highest BCUT2D eigenvalue weighted by molar-refractivity contribution is 5.99. The summed E-state index contributed by atoms with van der Waals surface area (Å²) in [6, 6.07) is -10.7. The quantitative estimate of drug-likeness (QED) is 0.157. The summed E-state index contributed by atoms with van der Waals surface area (Å²) in [5.41, 5.74) is 0. The predicted octanol–water partition coefficient (Wildman–Crippen LogP) is 3.27. The summed E-state index contributed by atoms with van der Waals surface area (Å²) in [6.07, 6.45) is 3.30. The highest BCUT2D eigenvalue weighted by Gasteiger charge is 2.45. The first-order chi connectivity index (χ1) is 39.3. The van der Waals surface area contributed by atoms with Crippen molar-refractivity contribution in [2.24, 2.45) is 41.4 Å². The Morgan fingerprint density at radius 1 is 0.471 bits per heavy atom. The van der Waals surface area contributed by atoms with Crippen molar-refractivity contribution in [3.63, 3.8) is 0 Å². The Morgan fingerprint density at radius 2 is 0.894 bits per heavy atom. The number of nitrogens with one attached hydrogen (secondary N) is 4. The van der Waals surface area contributed by atoms with E-state index in [1.807, 2.05) is 68.4 Å². The van der Waals surface area contributed by atoms with Crippen molar-refractivity contribution < 1.29 is 57.8 Å². The molecular weight excluding hydrogens is 1090 g/mol. The van der Waals surface area contributed by atoms with Crippen molar-refractivity contribution in [3.05, 3.63) is 12.2 Å². The van der Waals surface area contributed by atoms with Crippen LogP contribution in [0.25, 0.3) is 0 Å². The first kappa shape index (κ1) is 76.9. The zero-order valence-electron chi connectivity index (χ0n) is 55.9. The lowest BCUT2D eigenvalue weighted by Crippen LogP contribution is -2.62. The Hall–Kier alpha value is -6.13. The summed E-state index contributed by atoms with van der Waals surface area (Å²) >= 11 is 0. The highest BCUT2D eigenvalue weighted by Crippen LogP contribution is 2.25. The summed E-state index contributed by atoms with van der Waals surface area (Å²) in [6.45, 7) is 27.9. The van der Waals surface area contributed by atoms with Gasteiger partial charge in [0, 0.05) is 62.3 Å². The van der Waals surface area contributed by atoms with Gasteiger partial charge in [0.25, 0.3) is 0 Å². The number of rotatable bonds is 14. The van der Waals surface area contributed by atoms with Crippen LogP contribution in [0.1, 0.15) is 156 Å². The third kappa shape index (κ3) is 22.6. The number of aliphatic hydroxyl groups is 1. The fourth-order valence-electron chi connectivity index (χ4n) is 10.6. The molecule has 5 N–H and O–H groups in total. The number of likely N-dealkylation sites (N-methyl/N-ethyl adjacent to an activating group) is 7. The molecule has 0 aromatic rings. The molecule has 23 heteroatoms. The Labute approximate surface area is 508 Å². The number of amides is 11. The molecule has 0 aromatic heterocycles. The van der Waals surface area contributed by atoms with E-state index in [0.717, 1.165) is 4.90 Å². The van der Waals surface area contributed by atoms with Gasteiger partial charge in [0.05, 0.1) is 12.6 Å². The molecule has 0 radical (unpaired) electrons. The van der Waals surface area contributed by atoms with Gasteiger partial charge in [0.2, 0.25) is 65.0 Å². The molecular formula is C62H111N11O12. The minimum atomic E-state index is -1.46. The molecule has 0 saturated carbocycles. The van der Waals surface area contributed by atoms with Crippen LogP contribution in [0.3, 0.4) is 0 Å². The fourth-order valence-corrected chi connectivity index (χ4v) is 10.6. The number of carbonyl (C=O) groups excluding carboxylic acids is 11. The normalized spacial score (nSPS) is 26.3. The monoisotopic (exact) mass is 1200 g/mol. The Bertz CT molecular complexity index is 2310. The van der Waals surface area contributed by atoms with Crippen molar-refractivity contribution >= 4 is 65.0 Å². The maximum Gasteiger partial charge on any atom is 0.246 e. The molecule has 1 unspecified atom stereocenters. The molecule has 1 aliphatic heterocycles. The van der Waals surface area contributed by atoms with Gasteiger partial charge in [-0.05, 0) is 101 Å². The van der Waals surface area contributed by atoms with E-state index in [4.69, 9.17) is 0 Å². The van der Waals surface area contributed by atoms with Gasteiger partial charge in [-0.15, -0.1) is 0 Å². The molecule has 11 atom stereocenters. The average molecular weight is 1200 g/mol. The molecule has 0 aliphatic carbocycles. The van der Waals surface area contributed by atoms with Crippen LogP contribution in [-0.2, 0) is 52.7 Å². The van der Waals surface area contributed by atoms with Crippen LogP contribution < -0.4 is 21.3 Å². The molecule has 1 saturated heterocycles. The predicted molar refractivity (Wildman–Crippen MR) is 328 cm³/mol. The van der Waals surface area contributed by atoms with Crippen LogP contribution in [-0.4, -0.2) is 227 Å². The van der Waals surface area contributed by atoms with E-state index < -0.39 is 150 Å². The lowest BCUT2D eigenvalue weighted by molar-refractivity contribution is -0.157. The van der Waals surface area contributed by atoms with Crippen molar-refractivity contribution in [3.8, 4) is 0 Å². The summed E-state index contributed by atoms with van der Waals surface area (Å²) in [5, 5.41) is 22.9. The van der Waals surface area contributed by atoms with Crippen LogP contribution in [0, 0.1) is 41.4 Å². The van der Waals surface area contributed by atoms with Crippen LogP contribution in [0.4, 0.5) is 0 Å². The molecule has 85 heavy (non-hydrogen) atoms. The summed E-state index contributed by atoms with van der Waals surface area (Å²) in [7, 11) is 10.1. The molecule has 486 valence electrons. The van der Waals surface area contributed by atoms with Gasteiger partial charge in [0.1, 0.15) is 54.4 Å². The van der Waals surface area contributed by atoms with E-state index in [2.05, 4.69) is 21.3 Å². The van der Waals surface area contributed by atoms with Gasteiger partial charge >= 0.3 is 0 Å². The fraction of sp³-hybridized carbons (Fsp3) is 0.790. The van der Waals surface area contributed by atoms with E-state index in [0.29, 0.717) is 6.42 Å². The van der Waals surface area contributed by atoms with Crippen LogP contribution in [0.5, 0.6) is 0 Å². The summed E-state index contributed by atoms with van der Waals surface area (Å²) < 4.78 is 0. The second-order valence-electron chi connectivity index (χ2n) is 26.1. The lowest BCUT2D eigenvalue weighted by atomic mass is 9.91. The third-order valence-corrected chi connectivity index (χ3v) is 16.0. The number of aliphatic hydroxyl groups excluding tert-OH is 1. The smallest absolute Gasteiger partial charge is 0.246 e. The standard InChI is InChI=1S/C62H111N11O12/c1-24-25-27-41(14)53(76)52-57(80)63-29-26-28-48(74)67(17)34-49(75)68(18)44(30-35(2)3)56(79)66-50(39(10)11)61(84)69(19)45(31-36(4)5)55(78)64-42(15)54(77)65-43(16)58(81)70(20)46(32-37(6)7)59(82)71(21)47(33-38(8)9)60(83)72(22)51(40(12)13)62(85)73(52)23/h24-25,35-47,50-53,76H,26-34H2,1-23H3,(H,63,80)(H,64,78)(H,65,77)(H,66,79)/t41-,42-,43+,44-,45-,46-,47-,50-,51+,52?,53-/m0/s1. The second-order valence-corrected chi connectivity index (χ2v) is 26.1. The van der Waals surface area contributed by atoms with Gasteiger partial charge in [0.15, 0.2) is 0 Å². The molecule has 1 aliphatic rings. The van der Waals surface area contributed by atoms with Crippen LogP contribution >= 0.6 is 0 Å². The highest BCUT2D eigenvalue weighted by atomic mass is 16.3. The first-order valence-electron chi connectivity index (χ1n) is 30.6. The van der Waals surface area contributed by atoms with E-state index in [9.17, 15) is 53.1 Å². The third-order valence-electron chi connectivity index (χ3n) is 16.0. The number of allylic oxidation sites excluding steroid dienone is 2. The molecule has 1 heterocycles. The molecule has 23 nitrogen and oxygen atoms in total. The number of hydrogen-bond acceptors (Lipinski definition) is 12. The molecule has 1 fully saturated rings. The van der Waals surface area contributed by atoms with E-state index in [-0.39, 0.29) is 68.7 Å². The van der Waals surface area contributed by atoms with E-state index in [1.165, 1.54) is 92.6 Å². The number of nitrogens with zero attached hydrogens (tertiary/aromatic N) is 7. The SMILES string of the molecule is CC=CC[C@H](C)[C@H](O)C1C(=O)NCCCC(=O)N(C)CC(=O)N(C)[C@@H](CC(C)C)C(=O)N[C@@H](C(C)C)C(=O)N(C)[C@@H](CC(C)C)C(=O)N[C@@H](C)C(=O)N[C@H](C)C(=O)N(C)[C@@H](CC(C)C)C(=O)N(C)[C@@H](CC(C)C)C(=O)N(C)[C@H](C(C)C)C(=O)N1C. The van der Waals surface area contributed by atoms with Gasteiger partial charge in [-0.3, -0.25) is 52.7 Å². The molecule has 0 bridgehead atoms. The first-order valence-corrected chi connectivity index (χ1v) is 30.6. The van der Waals surface area contributed by atoms with Gasteiger partial charge in [-0.25, -0.2) is 0 Å². The average Bonchev–Trinajstić information content (AvgIpc) is 2.91. The second kappa shape index (κ2) is 35.5. The Balaban J connectivity index is 4.13. The minimum Gasteiger partial charge on any atom is -0.390 e. The van der Waals surface area contributed by atoms with Crippen LogP contribution in [0.15, 0.2) is 12.2 Å². The van der Waals surface area contributed by atoms with E-state index >= 15 is 4.79 Å². The topological polar surface area (TPSA) is 279 Å². The maximum absolute atomic E-state index is 15.0. The van der Waals surface area contributed by atoms with Gasteiger partial charge in [-0.2, -0.15) is 0 Å². The zero-order valence-corrected chi connectivity index (χ0v) is 55.9. The van der Waals surface area contributed by atoms with E-state index in [1.54, 1.807) is 40.7 Å². The van der Waals surface area contributed by atoms with Crippen LogP contribution in [0.2, 0.25) is 0 Å². The van der Waals surface area contributed by atoms with Gasteiger partial charge in [-0.1, -0.05) is 102 Å². The molecule has 11 amide bonds. The summed E-state index contributed by atoms with van der Waals surface area (Å²) in [5.74, 6) is -8.83. The molecule has 1 rings (SSSR count). The largest absolute Gasteiger partial charge is 0.390 e. The lowest BCUT2D eigenvalue weighted by Gasteiger charge is -2.41. The Kier molecular flexibility index (Phi) is 32.1. The van der Waals surface area contributed by atoms with Crippen molar-refractivity contribution in [1.29, 1.82) is 0 Å². The zero-order chi connectivity index (χ0) is 65.8. The van der Waals surface area contributed by atoms with Gasteiger partial charge < -0.3 is 60.7 Å². The number of hydrogen-bond donors (Lipinski definition) is 5. The van der Waals surface area contributed by atoms with Crippen molar-refractivity contribution in [2.45, 2.75) is 216 Å². The minimum absolute atomic E-state index is 0.0558. The maximum atomic E-state index is 15.0. The summed E-state index contributed by atoms with van der Waals surface area (Å²) in [4.78, 5) is 167. The number of carbonyl (C=O) groups is 11. The Morgan fingerprint density at radius 3 is 1.36 bits per heavy atom. The molecule has 0 spiro atoms. The molecule has 0 aromatic carbocycles.